The molecule has 1 amide bonds. The molecule has 4 heterocycles. The zero-order valence-electron chi connectivity index (χ0n) is 21.4. The molecule has 0 unspecified atom stereocenters. The van der Waals surface area contributed by atoms with Gasteiger partial charge in [0.2, 0.25) is 0 Å². The minimum absolute atomic E-state index is 0.181. The molecule has 3 aromatic heterocycles. The summed E-state index contributed by atoms with van der Waals surface area (Å²) >= 11 is 0. The van der Waals surface area contributed by atoms with Crippen molar-refractivity contribution in [1.29, 1.82) is 0 Å². The molecule has 9 heteroatoms. The van der Waals surface area contributed by atoms with Crippen LogP contribution in [0, 0.1) is 19.7 Å². The molecule has 0 fully saturated rings. The molecule has 1 aliphatic rings. The predicted octanol–water partition coefficient (Wildman–Crippen LogP) is 4.80. The normalized spacial score (nSPS) is 12.5. The minimum atomic E-state index is -0.963. The number of hydrogen-bond acceptors (Lipinski definition) is 5. The maximum atomic E-state index is 13.6. The number of hydrogen-bond donors (Lipinski definition) is 2. The van der Waals surface area contributed by atoms with Gasteiger partial charge >= 0.3 is 5.97 Å². The number of benzene rings is 2. The van der Waals surface area contributed by atoms with E-state index in [1.54, 1.807) is 42.0 Å². The second kappa shape index (κ2) is 9.50. The summed E-state index contributed by atoms with van der Waals surface area (Å²) in [6, 6.07) is 12.1. The van der Waals surface area contributed by atoms with Gasteiger partial charge in [-0.05, 0) is 72.0 Å². The summed E-state index contributed by atoms with van der Waals surface area (Å²) in [4.78, 5) is 29.7. The zero-order valence-corrected chi connectivity index (χ0v) is 21.4. The molecule has 0 bridgehead atoms. The van der Waals surface area contributed by atoms with E-state index in [4.69, 9.17) is 4.74 Å². The average Bonchev–Trinajstić information content (AvgIpc) is 3.34. The molecule has 0 radical (unpaired) electrons. The van der Waals surface area contributed by atoms with E-state index in [0.29, 0.717) is 34.3 Å². The van der Waals surface area contributed by atoms with E-state index in [2.05, 4.69) is 15.4 Å². The third-order valence-corrected chi connectivity index (χ3v) is 7.16. The van der Waals surface area contributed by atoms with Gasteiger partial charge in [-0.15, -0.1) is 0 Å². The number of rotatable bonds is 6. The van der Waals surface area contributed by atoms with Gasteiger partial charge in [0.25, 0.3) is 5.91 Å². The Morgan fingerprint density at radius 3 is 2.77 bits per heavy atom. The first kappa shape index (κ1) is 24.5. The van der Waals surface area contributed by atoms with Crippen molar-refractivity contribution in [3.8, 4) is 16.9 Å². The molecular formula is C30H25FN4O4. The van der Waals surface area contributed by atoms with Gasteiger partial charge in [-0.1, -0.05) is 12.1 Å². The largest absolute Gasteiger partial charge is 0.493 e. The molecule has 196 valence electrons. The van der Waals surface area contributed by atoms with Gasteiger partial charge in [-0.25, -0.2) is 8.91 Å². The van der Waals surface area contributed by atoms with Crippen molar-refractivity contribution in [2.75, 3.05) is 6.61 Å². The van der Waals surface area contributed by atoms with Crippen molar-refractivity contribution in [3.63, 3.8) is 0 Å². The van der Waals surface area contributed by atoms with Crippen LogP contribution in [0.25, 0.3) is 27.5 Å². The number of aromatic nitrogens is 3. The Balaban J connectivity index is 1.48. The van der Waals surface area contributed by atoms with Gasteiger partial charge in [0.05, 0.1) is 24.1 Å². The molecule has 39 heavy (non-hydrogen) atoms. The Kier molecular flexibility index (Phi) is 5.98. The van der Waals surface area contributed by atoms with Crippen LogP contribution >= 0.6 is 0 Å². The first-order valence-electron chi connectivity index (χ1n) is 12.6. The minimum Gasteiger partial charge on any atom is -0.493 e. The van der Waals surface area contributed by atoms with E-state index in [1.165, 1.54) is 6.07 Å². The van der Waals surface area contributed by atoms with Crippen LogP contribution in [0.1, 0.15) is 38.3 Å². The summed E-state index contributed by atoms with van der Waals surface area (Å²) < 4.78 is 21.1. The molecule has 0 spiro atoms. The lowest BCUT2D eigenvalue weighted by molar-refractivity contribution is -0.136. The Morgan fingerprint density at radius 1 is 1.13 bits per heavy atom. The predicted molar refractivity (Wildman–Crippen MR) is 144 cm³/mol. The molecular weight excluding hydrogens is 499 g/mol. The fourth-order valence-corrected chi connectivity index (χ4v) is 5.28. The zero-order chi connectivity index (χ0) is 27.3. The van der Waals surface area contributed by atoms with Gasteiger partial charge in [-0.3, -0.25) is 14.6 Å². The van der Waals surface area contributed by atoms with Gasteiger partial charge < -0.3 is 15.2 Å². The van der Waals surface area contributed by atoms with Crippen LogP contribution in [0.4, 0.5) is 4.39 Å². The number of fused-ring (bicyclic) bond motifs is 1. The lowest BCUT2D eigenvalue weighted by Gasteiger charge is -2.21. The topological polar surface area (TPSA) is 106 Å². The van der Waals surface area contributed by atoms with Crippen LogP contribution in [0.3, 0.4) is 0 Å². The van der Waals surface area contributed by atoms with E-state index >= 15 is 0 Å². The Bertz CT molecular complexity index is 1800. The van der Waals surface area contributed by atoms with Crippen LogP contribution in [0.15, 0.2) is 54.9 Å². The number of nitrogens with one attached hydrogen (secondary N) is 1. The summed E-state index contributed by atoms with van der Waals surface area (Å²) in [6.45, 7) is 4.30. The molecule has 0 atom stereocenters. The number of aliphatic carboxylic acids is 1. The third kappa shape index (κ3) is 4.35. The van der Waals surface area contributed by atoms with Crippen molar-refractivity contribution < 1.29 is 23.8 Å². The molecule has 6 rings (SSSR count). The van der Waals surface area contributed by atoms with E-state index in [1.807, 2.05) is 25.1 Å². The molecule has 0 saturated heterocycles. The monoisotopic (exact) mass is 524 g/mol. The van der Waals surface area contributed by atoms with Crippen molar-refractivity contribution in [3.05, 3.63) is 94.2 Å². The number of halogens is 1. The van der Waals surface area contributed by atoms with Crippen LogP contribution in [0.2, 0.25) is 0 Å². The van der Waals surface area contributed by atoms with Gasteiger partial charge in [-0.2, -0.15) is 5.10 Å². The number of pyridine rings is 2. The summed E-state index contributed by atoms with van der Waals surface area (Å²) in [5.41, 5.74) is 6.65. The number of amides is 1. The van der Waals surface area contributed by atoms with Crippen molar-refractivity contribution in [1.82, 2.24) is 19.9 Å². The van der Waals surface area contributed by atoms with Gasteiger partial charge in [0.1, 0.15) is 11.6 Å². The fourth-order valence-electron chi connectivity index (χ4n) is 5.28. The maximum absolute atomic E-state index is 13.6. The number of carboxylic acid groups (broad SMARTS) is 1. The fraction of sp³-hybridized carbons (Fsp3) is 0.200. The Hall–Kier alpha value is -4.79. The number of carboxylic acids is 1. The summed E-state index contributed by atoms with van der Waals surface area (Å²) in [6.07, 6.45) is 4.05. The first-order valence-corrected chi connectivity index (χ1v) is 12.6. The van der Waals surface area contributed by atoms with Crippen LogP contribution < -0.4 is 10.1 Å². The maximum Gasteiger partial charge on any atom is 0.307 e. The molecule has 2 N–H and O–H groups in total. The SMILES string of the molecule is Cc1cc(CNC(=O)c2cc3c(-c4ccc5c6c(ccnc46)CCO5)c(CC(=O)O)c(C)cn3n2)ccc1F. The van der Waals surface area contributed by atoms with E-state index in [0.717, 1.165) is 39.8 Å². The Labute approximate surface area is 223 Å². The average molecular weight is 525 g/mol. The quantitative estimate of drug-likeness (QED) is 0.331. The van der Waals surface area contributed by atoms with E-state index in [-0.39, 0.29) is 24.5 Å². The van der Waals surface area contributed by atoms with Crippen molar-refractivity contribution in [2.24, 2.45) is 0 Å². The summed E-state index contributed by atoms with van der Waals surface area (Å²) in [5, 5.41) is 18.0. The molecule has 0 saturated carbocycles. The van der Waals surface area contributed by atoms with Crippen LogP contribution in [-0.4, -0.2) is 38.2 Å². The molecule has 5 aromatic rings. The summed E-state index contributed by atoms with van der Waals surface area (Å²) in [5.74, 6) is -0.913. The number of nitrogens with zero attached hydrogens (tertiary/aromatic N) is 3. The van der Waals surface area contributed by atoms with Crippen molar-refractivity contribution in [2.45, 2.75) is 33.2 Å². The van der Waals surface area contributed by atoms with Gasteiger partial charge in [0, 0.05) is 41.9 Å². The van der Waals surface area contributed by atoms with Crippen LogP contribution in [-0.2, 0) is 24.2 Å². The molecule has 8 nitrogen and oxygen atoms in total. The van der Waals surface area contributed by atoms with E-state index in [9.17, 15) is 19.1 Å². The molecule has 0 aliphatic carbocycles. The number of aryl methyl sites for hydroxylation is 2. The number of carbonyl (C=O) groups is 2. The lowest BCUT2D eigenvalue weighted by atomic mass is 9.91. The first-order chi connectivity index (χ1) is 18.8. The summed E-state index contributed by atoms with van der Waals surface area (Å²) in [7, 11) is 0. The highest BCUT2D eigenvalue weighted by Gasteiger charge is 2.24. The molecule has 1 aliphatic heterocycles. The number of carbonyl (C=O) groups excluding carboxylic acids is 1. The highest BCUT2D eigenvalue weighted by atomic mass is 19.1. The number of ether oxygens (including phenoxy) is 1. The van der Waals surface area contributed by atoms with Crippen molar-refractivity contribution >= 4 is 28.3 Å². The highest BCUT2D eigenvalue weighted by Crippen LogP contribution is 2.41. The second-order valence-corrected chi connectivity index (χ2v) is 9.77. The van der Waals surface area contributed by atoms with Crippen LogP contribution in [0.5, 0.6) is 5.75 Å². The smallest absolute Gasteiger partial charge is 0.307 e. The highest BCUT2D eigenvalue weighted by molar-refractivity contribution is 6.05. The van der Waals surface area contributed by atoms with E-state index < -0.39 is 11.9 Å². The molecule has 2 aromatic carbocycles. The Morgan fingerprint density at radius 2 is 1.97 bits per heavy atom. The lowest BCUT2D eigenvalue weighted by Crippen LogP contribution is -2.23. The standard InChI is InChI=1S/C30H25FN4O4/c1-16-11-18(3-5-22(16)31)14-33-30(38)23-13-24-28(21(12-26(36)37)17(2)15-35(24)34-23)20-4-6-25-27-19(8-10-39-25)7-9-32-29(20)27/h3-7,9,11,13,15H,8,10,12,14H2,1-2H3,(H,33,38)(H,36,37). The van der Waals surface area contributed by atoms with Gasteiger partial charge in [0.15, 0.2) is 5.69 Å². The third-order valence-electron chi connectivity index (χ3n) is 7.16. The second-order valence-electron chi connectivity index (χ2n) is 9.77.